The van der Waals surface area contributed by atoms with Gasteiger partial charge in [-0.3, -0.25) is 9.69 Å². The molecule has 1 saturated heterocycles. The van der Waals surface area contributed by atoms with E-state index in [9.17, 15) is 4.79 Å². The summed E-state index contributed by atoms with van der Waals surface area (Å²) < 4.78 is 7.75. The molecule has 2 aromatic heterocycles. The number of ether oxygens (including phenoxy) is 1. The lowest BCUT2D eigenvalue weighted by Gasteiger charge is -2.15. The number of carbonyl (C=O) groups is 1. The van der Waals surface area contributed by atoms with E-state index in [0.29, 0.717) is 24.1 Å². The first kappa shape index (κ1) is 26.1. The highest BCUT2D eigenvalue weighted by molar-refractivity contribution is 6.30. The van der Waals surface area contributed by atoms with Crippen molar-refractivity contribution in [3.8, 4) is 22.5 Å². The predicted octanol–water partition coefficient (Wildman–Crippen LogP) is 4.91. The van der Waals surface area contributed by atoms with E-state index in [-0.39, 0.29) is 12.6 Å². The van der Waals surface area contributed by atoms with Crippen molar-refractivity contribution in [3.05, 3.63) is 70.8 Å². The molecular formula is C28H32ClN7O2. The summed E-state index contributed by atoms with van der Waals surface area (Å²) in [6, 6.07) is 16.4. The molecule has 0 atom stereocenters. The highest BCUT2D eigenvalue weighted by Gasteiger charge is 2.20. The van der Waals surface area contributed by atoms with Crippen LogP contribution in [-0.2, 0) is 29.1 Å². The number of nitrogens with one attached hydrogen (secondary N) is 1. The van der Waals surface area contributed by atoms with E-state index in [1.165, 1.54) is 0 Å². The van der Waals surface area contributed by atoms with Crippen LogP contribution in [0.2, 0.25) is 5.15 Å². The van der Waals surface area contributed by atoms with Gasteiger partial charge in [-0.05, 0) is 54.3 Å². The number of halogens is 1. The predicted molar refractivity (Wildman–Crippen MR) is 145 cm³/mol. The molecule has 1 fully saturated rings. The number of unbranched alkanes of at least 4 members (excludes halogenated alkanes) is 1. The molecule has 1 aliphatic heterocycles. The second-order valence-electron chi connectivity index (χ2n) is 9.58. The first-order valence-electron chi connectivity index (χ1n) is 13.2. The molecule has 0 unspecified atom stereocenters. The minimum absolute atomic E-state index is 0.112. The molecule has 198 valence electrons. The van der Waals surface area contributed by atoms with Crippen LogP contribution in [0.5, 0.6) is 0 Å². The Bertz CT molecular complexity index is 1350. The van der Waals surface area contributed by atoms with Gasteiger partial charge in [0.05, 0.1) is 12.2 Å². The van der Waals surface area contributed by atoms with Crippen molar-refractivity contribution in [2.45, 2.75) is 52.2 Å². The van der Waals surface area contributed by atoms with Gasteiger partial charge >= 0.3 is 5.97 Å². The average molecular weight is 534 g/mol. The van der Waals surface area contributed by atoms with Crippen molar-refractivity contribution in [1.82, 2.24) is 35.1 Å². The fourth-order valence-corrected chi connectivity index (χ4v) is 5.11. The third-order valence-corrected chi connectivity index (χ3v) is 7.20. The second-order valence-corrected chi connectivity index (χ2v) is 9.94. The van der Waals surface area contributed by atoms with Crippen LogP contribution in [0, 0.1) is 0 Å². The maximum atomic E-state index is 12.5. The normalized spacial score (nSPS) is 13.7. The molecule has 0 saturated carbocycles. The lowest BCUT2D eigenvalue weighted by molar-refractivity contribution is -0.146. The molecule has 0 aliphatic carbocycles. The van der Waals surface area contributed by atoms with Gasteiger partial charge in [-0.15, -0.1) is 10.2 Å². The van der Waals surface area contributed by atoms with Crippen LogP contribution in [0.3, 0.4) is 0 Å². The van der Waals surface area contributed by atoms with Gasteiger partial charge in [-0.25, -0.2) is 4.98 Å². The molecule has 5 rings (SSSR count). The number of esters is 1. The van der Waals surface area contributed by atoms with Gasteiger partial charge in [0.2, 0.25) is 5.82 Å². The molecule has 4 aromatic rings. The van der Waals surface area contributed by atoms with Crippen molar-refractivity contribution >= 4 is 17.6 Å². The highest BCUT2D eigenvalue weighted by Crippen LogP contribution is 2.30. The summed E-state index contributed by atoms with van der Waals surface area (Å²) in [5, 5.41) is 14.9. The molecule has 9 nitrogen and oxygen atoms in total. The maximum absolute atomic E-state index is 12.5. The largest absolute Gasteiger partial charge is 0.458 e. The number of likely N-dealkylation sites (tertiary alicyclic amines) is 1. The Labute approximate surface area is 227 Å². The van der Waals surface area contributed by atoms with Gasteiger partial charge in [-0.2, -0.15) is 5.21 Å². The Morgan fingerprint density at radius 1 is 1.08 bits per heavy atom. The van der Waals surface area contributed by atoms with Gasteiger partial charge in [0, 0.05) is 18.5 Å². The smallest absolute Gasteiger partial charge is 0.320 e. The summed E-state index contributed by atoms with van der Waals surface area (Å²) in [7, 11) is 0. The standard InChI is InChI=1S/C28H32ClN7O2/c1-2-3-10-25-30-27(29)24(19-38-26(37)18-35-15-6-7-16-35)36(25)17-20-11-13-21(14-12-20)22-8-4-5-9-23(22)28-31-33-34-32-28/h4-5,8-9,11-14H,2-3,6-7,10,15-19H2,1H3,(H,31,32,33,34). The van der Waals surface area contributed by atoms with Gasteiger partial charge in [-0.1, -0.05) is 73.5 Å². The Balaban J connectivity index is 1.35. The van der Waals surface area contributed by atoms with Crippen LogP contribution in [0.1, 0.15) is 49.7 Å². The summed E-state index contributed by atoms with van der Waals surface area (Å²) in [6.07, 6.45) is 5.14. The molecule has 1 N–H and O–H groups in total. The lowest BCUT2D eigenvalue weighted by atomic mass is 9.98. The topological polar surface area (TPSA) is 102 Å². The molecule has 2 aromatic carbocycles. The third kappa shape index (κ3) is 6.11. The monoisotopic (exact) mass is 533 g/mol. The molecule has 10 heteroatoms. The Hall–Kier alpha value is -3.56. The Kier molecular flexibility index (Phi) is 8.45. The number of benzene rings is 2. The number of nitrogens with zero attached hydrogens (tertiary/aromatic N) is 6. The van der Waals surface area contributed by atoms with E-state index < -0.39 is 0 Å². The highest BCUT2D eigenvalue weighted by atomic mass is 35.5. The van der Waals surface area contributed by atoms with Crippen LogP contribution < -0.4 is 0 Å². The number of imidazole rings is 1. The Morgan fingerprint density at radius 2 is 1.84 bits per heavy atom. The Morgan fingerprint density at radius 3 is 2.55 bits per heavy atom. The number of aromatic nitrogens is 6. The summed E-state index contributed by atoms with van der Waals surface area (Å²) in [6.45, 7) is 5.07. The first-order valence-corrected chi connectivity index (χ1v) is 13.5. The van der Waals surface area contributed by atoms with E-state index in [1.54, 1.807) is 0 Å². The molecule has 3 heterocycles. The number of H-pyrrole nitrogens is 1. The van der Waals surface area contributed by atoms with E-state index >= 15 is 0 Å². The third-order valence-electron chi connectivity index (χ3n) is 6.90. The number of aromatic amines is 1. The van der Waals surface area contributed by atoms with E-state index in [4.69, 9.17) is 16.3 Å². The van der Waals surface area contributed by atoms with E-state index in [1.807, 2.05) is 24.3 Å². The maximum Gasteiger partial charge on any atom is 0.320 e. The quantitative estimate of drug-likeness (QED) is 0.273. The average Bonchev–Trinajstić information content (AvgIpc) is 3.70. The van der Waals surface area contributed by atoms with Gasteiger partial charge in [0.15, 0.2) is 5.15 Å². The molecule has 38 heavy (non-hydrogen) atoms. The summed E-state index contributed by atoms with van der Waals surface area (Å²) in [5.74, 6) is 1.24. The minimum atomic E-state index is -0.226. The molecule has 1 aliphatic rings. The van der Waals surface area contributed by atoms with Gasteiger partial charge in [0.1, 0.15) is 12.4 Å². The van der Waals surface area contributed by atoms with E-state index in [0.717, 1.165) is 79.0 Å². The molecule has 0 spiro atoms. The zero-order chi connectivity index (χ0) is 26.3. The zero-order valence-corrected chi connectivity index (χ0v) is 22.3. The molecule has 0 amide bonds. The number of carbonyl (C=O) groups excluding carboxylic acids is 1. The minimum Gasteiger partial charge on any atom is -0.458 e. The fraction of sp³-hybridized carbons (Fsp3) is 0.393. The van der Waals surface area contributed by atoms with Crippen molar-refractivity contribution in [3.63, 3.8) is 0 Å². The number of hydrogen-bond donors (Lipinski definition) is 1. The van der Waals surface area contributed by atoms with Gasteiger partial charge < -0.3 is 9.30 Å². The van der Waals surface area contributed by atoms with Crippen molar-refractivity contribution in [2.24, 2.45) is 0 Å². The van der Waals surface area contributed by atoms with Crippen LogP contribution >= 0.6 is 11.6 Å². The summed E-state index contributed by atoms with van der Waals surface area (Å²) in [4.78, 5) is 19.2. The van der Waals surface area contributed by atoms with Crippen molar-refractivity contribution in [2.75, 3.05) is 19.6 Å². The van der Waals surface area contributed by atoms with Crippen LogP contribution in [0.25, 0.3) is 22.5 Å². The van der Waals surface area contributed by atoms with Crippen LogP contribution in [-0.4, -0.2) is 60.7 Å². The SMILES string of the molecule is CCCCc1nc(Cl)c(COC(=O)CN2CCCC2)n1Cc1ccc(-c2ccccc2-c2nn[nH]n2)cc1. The number of aryl methyl sites for hydroxylation is 1. The van der Waals surface area contributed by atoms with Crippen molar-refractivity contribution < 1.29 is 9.53 Å². The first-order chi connectivity index (χ1) is 18.6. The van der Waals surface area contributed by atoms with Crippen LogP contribution in [0.4, 0.5) is 0 Å². The molecule has 0 bridgehead atoms. The summed E-state index contributed by atoms with van der Waals surface area (Å²) in [5.41, 5.74) is 4.83. The van der Waals surface area contributed by atoms with Crippen LogP contribution in [0.15, 0.2) is 48.5 Å². The fourth-order valence-electron chi connectivity index (χ4n) is 4.85. The summed E-state index contributed by atoms with van der Waals surface area (Å²) >= 11 is 6.57. The molecular weight excluding hydrogens is 502 g/mol. The lowest BCUT2D eigenvalue weighted by Crippen LogP contribution is -2.28. The van der Waals surface area contributed by atoms with Gasteiger partial charge in [0.25, 0.3) is 0 Å². The second kappa shape index (κ2) is 12.3. The number of hydrogen-bond acceptors (Lipinski definition) is 7. The van der Waals surface area contributed by atoms with E-state index in [2.05, 4.69) is 66.3 Å². The number of rotatable bonds is 11. The molecule has 0 radical (unpaired) electrons. The zero-order valence-electron chi connectivity index (χ0n) is 21.6. The van der Waals surface area contributed by atoms with Crippen molar-refractivity contribution in [1.29, 1.82) is 0 Å². The number of tetrazole rings is 1.